The number of para-hydroxylation sites is 1. The van der Waals surface area contributed by atoms with Crippen LogP contribution in [0.3, 0.4) is 0 Å². The van der Waals surface area contributed by atoms with E-state index in [2.05, 4.69) is 34.8 Å². The third kappa shape index (κ3) is 3.20. The third-order valence-corrected chi connectivity index (χ3v) is 3.14. The summed E-state index contributed by atoms with van der Waals surface area (Å²) in [6.07, 6.45) is 4.43. The van der Waals surface area contributed by atoms with Gasteiger partial charge in [0.25, 0.3) is 0 Å². The van der Waals surface area contributed by atoms with Crippen LogP contribution >= 0.6 is 0 Å². The molecule has 0 aliphatic carbocycles. The third-order valence-electron chi connectivity index (χ3n) is 3.14. The Kier molecular flexibility index (Phi) is 4.82. The number of carbonyl (C=O) groups is 1. The van der Waals surface area contributed by atoms with Crippen LogP contribution in [0, 0.1) is 0 Å². The van der Waals surface area contributed by atoms with Gasteiger partial charge in [-0.2, -0.15) is 0 Å². The molecule has 2 aromatic rings. The Morgan fingerprint density at radius 2 is 2.25 bits per heavy atom. The average Bonchev–Trinajstić information content (AvgIpc) is 2.79. The van der Waals surface area contributed by atoms with Gasteiger partial charge in [-0.15, -0.1) is 6.58 Å². The molecule has 1 aromatic heterocycles. The maximum atomic E-state index is 11.3. The predicted molar refractivity (Wildman–Crippen MR) is 80.9 cm³/mol. The van der Waals surface area contributed by atoms with E-state index in [4.69, 9.17) is 4.74 Å². The number of nitrogens with one attached hydrogen (secondary N) is 1. The molecule has 0 radical (unpaired) electrons. The van der Waals surface area contributed by atoms with Gasteiger partial charge in [0, 0.05) is 30.2 Å². The highest BCUT2D eigenvalue weighted by molar-refractivity contribution is 5.84. The van der Waals surface area contributed by atoms with Crippen molar-refractivity contribution in [2.24, 2.45) is 0 Å². The van der Waals surface area contributed by atoms with E-state index < -0.39 is 0 Å². The monoisotopic (exact) mass is 272 g/mol. The molecule has 0 saturated heterocycles. The maximum Gasteiger partial charge on any atom is 0.407 e. The van der Waals surface area contributed by atoms with Gasteiger partial charge in [-0.05, 0) is 25.0 Å². The fourth-order valence-electron chi connectivity index (χ4n) is 2.29. The molecule has 0 unspecified atom stereocenters. The Balaban J connectivity index is 2.09. The molecule has 1 N–H and O–H groups in total. The maximum absolute atomic E-state index is 11.3. The molecular weight excluding hydrogens is 252 g/mol. The molecule has 0 fully saturated rings. The van der Waals surface area contributed by atoms with E-state index in [1.165, 1.54) is 16.5 Å². The van der Waals surface area contributed by atoms with Gasteiger partial charge in [-0.25, -0.2) is 4.79 Å². The molecule has 0 atom stereocenters. The molecule has 1 aromatic carbocycles. The summed E-state index contributed by atoms with van der Waals surface area (Å²) in [6, 6.07) is 8.27. The molecule has 0 bridgehead atoms. The van der Waals surface area contributed by atoms with Crippen molar-refractivity contribution in [2.75, 3.05) is 13.2 Å². The molecule has 4 nitrogen and oxygen atoms in total. The average molecular weight is 272 g/mol. The minimum absolute atomic E-state index is 0.359. The first-order chi connectivity index (χ1) is 9.76. The molecule has 106 valence electrons. The van der Waals surface area contributed by atoms with Crippen molar-refractivity contribution in [3.05, 3.63) is 48.7 Å². The number of benzene rings is 1. The van der Waals surface area contributed by atoms with E-state index >= 15 is 0 Å². The van der Waals surface area contributed by atoms with E-state index in [9.17, 15) is 4.79 Å². The zero-order chi connectivity index (χ0) is 14.4. The second-order valence-corrected chi connectivity index (χ2v) is 4.51. The minimum atomic E-state index is -0.359. The number of carbonyl (C=O) groups excluding carboxylic acids is 1. The largest absolute Gasteiger partial charge is 0.450 e. The first-order valence-electron chi connectivity index (χ1n) is 6.84. The number of rotatable bonds is 6. The van der Waals surface area contributed by atoms with Gasteiger partial charge in [0.15, 0.2) is 0 Å². The van der Waals surface area contributed by atoms with Crippen molar-refractivity contribution in [2.45, 2.75) is 19.9 Å². The lowest BCUT2D eigenvalue weighted by Gasteiger charge is -2.04. The van der Waals surface area contributed by atoms with Crippen LogP contribution in [0.2, 0.25) is 0 Å². The molecule has 0 aliphatic heterocycles. The molecular formula is C16H20N2O2. The van der Waals surface area contributed by atoms with Crippen molar-refractivity contribution >= 4 is 17.0 Å². The summed E-state index contributed by atoms with van der Waals surface area (Å²) in [7, 11) is 0. The number of alkyl carbamates (subject to hydrolysis) is 1. The van der Waals surface area contributed by atoms with E-state index in [1.54, 1.807) is 6.92 Å². The Hall–Kier alpha value is -2.23. The van der Waals surface area contributed by atoms with Crippen molar-refractivity contribution in [1.29, 1.82) is 0 Å². The van der Waals surface area contributed by atoms with Crippen LogP contribution in [-0.2, 0) is 17.7 Å². The van der Waals surface area contributed by atoms with E-state index in [1.807, 2.05) is 18.2 Å². The van der Waals surface area contributed by atoms with E-state index in [0.29, 0.717) is 13.2 Å². The van der Waals surface area contributed by atoms with Crippen molar-refractivity contribution in [1.82, 2.24) is 9.88 Å². The normalized spacial score (nSPS) is 10.4. The van der Waals surface area contributed by atoms with Crippen molar-refractivity contribution in [3.63, 3.8) is 0 Å². The van der Waals surface area contributed by atoms with Gasteiger partial charge in [-0.3, -0.25) is 0 Å². The number of hydrogen-bond donors (Lipinski definition) is 1. The number of fused-ring (bicyclic) bond motifs is 1. The zero-order valence-electron chi connectivity index (χ0n) is 11.8. The molecule has 0 aliphatic rings. The highest BCUT2D eigenvalue weighted by Gasteiger charge is 2.07. The smallest absolute Gasteiger partial charge is 0.407 e. The quantitative estimate of drug-likeness (QED) is 0.821. The first kappa shape index (κ1) is 14.2. The van der Waals surface area contributed by atoms with E-state index in [-0.39, 0.29) is 6.09 Å². The van der Waals surface area contributed by atoms with Gasteiger partial charge < -0.3 is 14.6 Å². The molecule has 1 amide bonds. The lowest BCUT2D eigenvalue weighted by molar-refractivity contribution is 0.152. The van der Waals surface area contributed by atoms with Crippen LogP contribution in [0.15, 0.2) is 43.1 Å². The summed E-state index contributed by atoms with van der Waals surface area (Å²) in [5.74, 6) is 0. The van der Waals surface area contributed by atoms with Crippen LogP contribution in [-0.4, -0.2) is 23.8 Å². The second-order valence-electron chi connectivity index (χ2n) is 4.51. The standard InChI is InChI=1S/C16H20N2O2/c1-3-11-18-12-13(9-10-17-16(19)20-4-2)14-7-5-6-8-15(14)18/h3,5-8,12H,1,4,9-11H2,2H3,(H,17,19). The lowest BCUT2D eigenvalue weighted by atomic mass is 10.1. The van der Waals surface area contributed by atoms with Gasteiger partial charge in [0.2, 0.25) is 0 Å². The Labute approximate surface area is 119 Å². The first-order valence-corrected chi connectivity index (χ1v) is 6.84. The minimum Gasteiger partial charge on any atom is -0.450 e. The molecule has 2 rings (SSSR count). The summed E-state index contributed by atoms with van der Waals surface area (Å²) in [4.78, 5) is 11.3. The number of aromatic nitrogens is 1. The van der Waals surface area contributed by atoms with Crippen LogP contribution in [0.25, 0.3) is 10.9 Å². The van der Waals surface area contributed by atoms with Crippen molar-refractivity contribution < 1.29 is 9.53 Å². The number of allylic oxidation sites excluding steroid dienone is 1. The van der Waals surface area contributed by atoms with Crippen molar-refractivity contribution in [3.8, 4) is 0 Å². The molecule has 1 heterocycles. The molecule has 4 heteroatoms. The van der Waals surface area contributed by atoms with Crippen LogP contribution in [0.4, 0.5) is 4.79 Å². The molecule has 0 saturated carbocycles. The number of hydrogen-bond acceptors (Lipinski definition) is 2. The van der Waals surface area contributed by atoms with Gasteiger partial charge in [0.05, 0.1) is 6.61 Å². The summed E-state index contributed by atoms with van der Waals surface area (Å²) < 4.78 is 7.01. The van der Waals surface area contributed by atoms with Gasteiger partial charge in [-0.1, -0.05) is 24.3 Å². The van der Waals surface area contributed by atoms with Gasteiger partial charge in [0.1, 0.15) is 0 Å². The zero-order valence-corrected chi connectivity index (χ0v) is 11.8. The number of amides is 1. The van der Waals surface area contributed by atoms with Crippen LogP contribution in [0.1, 0.15) is 12.5 Å². The Bertz CT molecular complexity index is 602. The van der Waals surface area contributed by atoms with Crippen LogP contribution in [0.5, 0.6) is 0 Å². The van der Waals surface area contributed by atoms with Crippen LogP contribution < -0.4 is 5.32 Å². The molecule has 20 heavy (non-hydrogen) atoms. The van der Waals surface area contributed by atoms with Gasteiger partial charge >= 0.3 is 6.09 Å². The molecule has 0 spiro atoms. The summed E-state index contributed by atoms with van der Waals surface area (Å²) in [6.45, 7) is 7.32. The van der Waals surface area contributed by atoms with E-state index in [0.717, 1.165) is 13.0 Å². The summed E-state index contributed by atoms with van der Waals surface area (Å²) >= 11 is 0. The fourth-order valence-corrected chi connectivity index (χ4v) is 2.29. The SMILES string of the molecule is C=CCn1cc(CCNC(=O)OCC)c2ccccc21. The number of nitrogens with zero attached hydrogens (tertiary/aromatic N) is 1. The number of ether oxygens (including phenoxy) is 1. The summed E-state index contributed by atoms with van der Waals surface area (Å²) in [5, 5.41) is 3.97. The predicted octanol–water partition coefficient (Wildman–Crippen LogP) is 3.12. The Morgan fingerprint density at radius 1 is 1.45 bits per heavy atom. The highest BCUT2D eigenvalue weighted by atomic mass is 16.5. The second kappa shape index (κ2) is 6.80. The topological polar surface area (TPSA) is 43.3 Å². The lowest BCUT2D eigenvalue weighted by Crippen LogP contribution is -2.26. The Morgan fingerprint density at radius 3 is 3.00 bits per heavy atom. The fraction of sp³-hybridized carbons (Fsp3) is 0.312. The highest BCUT2D eigenvalue weighted by Crippen LogP contribution is 2.21. The summed E-state index contributed by atoms with van der Waals surface area (Å²) in [5.41, 5.74) is 2.41.